The monoisotopic (exact) mass is 746 g/mol. The van der Waals surface area contributed by atoms with Crippen LogP contribution in [0.3, 0.4) is 0 Å². The van der Waals surface area contributed by atoms with Crippen LogP contribution < -0.4 is 27.8 Å². The molecule has 1 unspecified atom stereocenters. The fourth-order valence-electron chi connectivity index (χ4n) is 6.01. The van der Waals surface area contributed by atoms with E-state index in [4.69, 9.17) is 31.4 Å². The van der Waals surface area contributed by atoms with Crippen molar-refractivity contribution in [2.24, 2.45) is 17.2 Å². The molecule has 0 aromatic rings. The number of aliphatic hydroxyl groups is 3. The highest BCUT2D eigenvalue weighted by Crippen LogP contribution is 2.25. The minimum absolute atomic E-state index is 0.162. The molecule has 17 heteroatoms. The van der Waals surface area contributed by atoms with Gasteiger partial charge in [0.2, 0.25) is 23.6 Å². The number of hydrogen-bond donors (Lipinski definition) is 8. The van der Waals surface area contributed by atoms with Crippen LogP contribution in [0, 0.1) is 0 Å². The zero-order chi connectivity index (χ0) is 39.2. The molecule has 11 N–H and O–H groups in total. The lowest BCUT2D eigenvalue weighted by Gasteiger charge is -2.44. The number of unbranched alkanes of at least 4 members (excludes halogenated alkanes) is 8. The van der Waals surface area contributed by atoms with Gasteiger partial charge in [-0.15, -0.1) is 0 Å². The van der Waals surface area contributed by atoms with E-state index < -0.39 is 91.1 Å². The van der Waals surface area contributed by atoms with Gasteiger partial charge < -0.3 is 62.3 Å². The number of amides is 4. The van der Waals surface area contributed by atoms with E-state index in [1.165, 1.54) is 38.0 Å². The number of aliphatic hydroxyl groups excluding tert-OH is 3. The second kappa shape index (κ2) is 25.9. The third-order valence-corrected chi connectivity index (χ3v) is 8.95. The fourth-order valence-corrected chi connectivity index (χ4v) is 6.01. The molecule has 0 saturated carbocycles. The first-order valence-corrected chi connectivity index (χ1v) is 18.7. The van der Waals surface area contributed by atoms with Crippen molar-refractivity contribution in [2.75, 3.05) is 26.3 Å². The number of nitrogens with one attached hydrogen (secondary N) is 2. The van der Waals surface area contributed by atoms with Crippen LogP contribution in [-0.4, -0.2) is 131 Å². The van der Waals surface area contributed by atoms with Gasteiger partial charge in [-0.25, -0.2) is 4.79 Å². The van der Waals surface area contributed by atoms with E-state index in [1.54, 1.807) is 6.92 Å². The van der Waals surface area contributed by atoms with E-state index in [1.807, 2.05) is 0 Å². The molecule has 1 rings (SSSR count). The topological polar surface area (TPSA) is 279 Å². The van der Waals surface area contributed by atoms with E-state index in [2.05, 4.69) is 17.6 Å². The normalized spacial score (nSPS) is 22.4. The average Bonchev–Trinajstić information content (AvgIpc) is 3.09. The molecule has 52 heavy (non-hydrogen) atoms. The van der Waals surface area contributed by atoms with Gasteiger partial charge in [0.1, 0.15) is 36.4 Å². The van der Waals surface area contributed by atoms with Crippen molar-refractivity contribution >= 4 is 29.6 Å². The van der Waals surface area contributed by atoms with Gasteiger partial charge in [-0.2, -0.15) is 0 Å². The Morgan fingerprint density at radius 1 is 0.942 bits per heavy atom. The van der Waals surface area contributed by atoms with Gasteiger partial charge >= 0.3 is 5.97 Å². The van der Waals surface area contributed by atoms with Crippen molar-refractivity contribution < 1.29 is 53.5 Å². The number of rotatable bonds is 27. The number of carbonyl (C=O) groups is 5. The van der Waals surface area contributed by atoms with Crippen LogP contribution in [0.2, 0.25) is 0 Å². The van der Waals surface area contributed by atoms with Crippen LogP contribution in [-0.2, 0) is 38.2 Å². The first-order valence-electron chi connectivity index (χ1n) is 18.7. The maximum Gasteiger partial charge on any atom is 0.328 e. The van der Waals surface area contributed by atoms with Crippen molar-refractivity contribution in [3.05, 3.63) is 0 Å². The number of nitrogens with zero attached hydrogens (tertiary/aromatic N) is 1. The number of nitrogens with two attached hydrogens (primary N) is 3. The first kappa shape index (κ1) is 47.1. The van der Waals surface area contributed by atoms with Crippen molar-refractivity contribution in [2.45, 2.75) is 166 Å². The molecular weight excluding hydrogens is 680 g/mol. The van der Waals surface area contributed by atoms with E-state index in [9.17, 15) is 39.3 Å². The highest BCUT2D eigenvalue weighted by atomic mass is 16.6. The molecule has 1 saturated heterocycles. The van der Waals surface area contributed by atoms with Crippen LogP contribution in [0.25, 0.3) is 0 Å². The first-order chi connectivity index (χ1) is 24.7. The number of ether oxygens (including phenoxy) is 3. The summed E-state index contributed by atoms with van der Waals surface area (Å²) in [7, 11) is 0. The van der Waals surface area contributed by atoms with Gasteiger partial charge in [0, 0.05) is 19.9 Å². The Labute approximate surface area is 308 Å². The summed E-state index contributed by atoms with van der Waals surface area (Å²) < 4.78 is 17.1. The molecule has 9 atom stereocenters. The van der Waals surface area contributed by atoms with Crippen LogP contribution >= 0.6 is 0 Å². The SMILES string of the molecule is CCCCCCCCCCOC(=O)[C@H](CCCCN)N(CC(C)O[C@H]1[C@H](O)[C@@H](CO)O[C@H](O)[C@@H]1NC(C)=O)C(=O)CC[C@@H](NC(=O)[C@H](C)N)C(N)=O. The van der Waals surface area contributed by atoms with Gasteiger partial charge in [0.25, 0.3) is 0 Å². The Hall–Kier alpha value is -2.93. The lowest BCUT2D eigenvalue weighted by atomic mass is 9.96. The van der Waals surface area contributed by atoms with Crippen LogP contribution in [0.5, 0.6) is 0 Å². The second-order valence-corrected chi connectivity index (χ2v) is 13.7. The predicted octanol–water partition coefficient (Wildman–Crippen LogP) is -0.557. The molecule has 1 heterocycles. The standard InChI is InChI=1S/C35H66N6O11/c1-5-6-7-8-9-10-11-14-19-50-34(48)26(15-12-13-18-36)41(28(44)17-16-25(32(38)46)40-33(47)23(3)37)20-22(2)51-31-29(39-24(4)43)35(49)52-27(21-42)30(31)45/h22-23,25-27,29-31,35,42,45,49H,5-21,36-37H2,1-4H3,(H2,38,46)(H,39,43)(H,40,47)/t22?,23-,25+,26-,27+,29+,30+,31+,35-/m0/s1. The van der Waals surface area contributed by atoms with E-state index in [0.717, 1.165) is 25.7 Å². The molecule has 1 fully saturated rings. The summed E-state index contributed by atoms with van der Waals surface area (Å²) >= 11 is 0. The number of esters is 1. The third-order valence-electron chi connectivity index (χ3n) is 8.95. The maximum absolute atomic E-state index is 14.0. The van der Waals surface area contributed by atoms with Gasteiger partial charge in [0.05, 0.1) is 25.4 Å². The molecule has 1 aliphatic rings. The van der Waals surface area contributed by atoms with Gasteiger partial charge in [-0.05, 0) is 52.5 Å². The maximum atomic E-state index is 14.0. The van der Waals surface area contributed by atoms with Crippen LogP contribution in [0.15, 0.2) is 0 Å². The lowest BCUT2D eigenvalue weighted by molar-refractivity contribution is -0.268. The Morgan fingerprint density at radius 3 is 2.13 bits per heavy atom. The molecule has 4 amide bonds. The molecule has 0 bridgehead atoms. The molecule has 0 aliphatic carbocycles. The average molecular weight is 747 g/mol. The van der Waals surface area contributed by atoms with Crippen molar-refractivity contribution in [3.63, 3.8) is 0 Å². The summed E-state index contributed by atoms with van der Waals surface area (Å²) in [5.74, 6) is -3.25. The summed E-state index contributed by atoms with van der Waals surface area (Å²) in [5, 5.41) is 36.2. The van der Waals surface area contributed by atoms with E-state index >= 15 is 0 Å². The summed E-state index contributed by atoms with van der Waals surface area (Å²) in [6, 6.07) is -4.45. The smallest absolute Gasteiger partial charge is 0.328 e. The minimum Gasteiger partial charge on any atom is -0.464 e. The van der Waals surface area contributed by atoms with Crippen molar-refractivity contribution in [1.82, 2.24) is 15.5 Å². The van der Waals surface area contributed by atoms with Crippen molar-refractivity contribution in [3.8, 4) is 0 Å². The lowest BCUT2D eigenvalue weighted by Crippen LogP contribution is -2.65. The largest absolute Gasteiger partial charge is 0.464 e. The van der Waals surface area contributed by atoms with Gasteiger partial charge in [0.15, 0.2) is 6.29 Å². The summed E-state index contributed by atoms with van der Waals surface area (Å²) in [5.41, 5.74) is 16.9. The van der Waals surface area contributed by atoms with E-state index in [0.29, 0.717) is 25.8 Å². The molecule has 302 valence electrons. The Bertz CT molecular complexity index is 1080. The van der Waals surface area contributed by atoms with Crippen molar-refractivity contribution in [1.29, 1.82) is 0 Å². The number of primary amides is 1. The number of hydrogen-bond acceptors (Lipinski definition) is 13. The van der Waals surface area contributed by atoms with Gasteiger partial charge in [-0.3, -0.25) is 19.2 Å². The zero-order valence-corrected chi connectivity index (χ0v) is 31.5. The minimum atomic E-state index is -1.63. The molecular formula is C35H66N6O11. The molecule has 0 spiro atoms. The highest BCUT2D eigenvalue weighted by molar-refractivity contribution is 5.89. The highest BCUT2D eigenvalue weighted by Gasteiger charge is 2.46. The number of carbonyl (C=O) groups excluding carboxylic acids is 5. The predicted molar refractivity (Wildman–Crippen MR) is 192 cm³/mol. The van der Waals surface area contributed by atoms with E-state index in [-0.39, 0.29) is 32.4 Å². The van der Waals surface area contributed by atoms with Crippen LogP contribution in [0.4, 0.5) is 0 Å². The van der Waals surface area contributed by atoms with Crippen LogP contribution in [0.1, 0.15) is 111 Å². The zero-order valence-electron chi connectivity index (χ0n) is 31.5. The summed E-state index contributed by atoms with van der Waals surface area (Å²) in [6.07, 6.45) is 2.60. The Morgan fingerprint density at radius 2 is 1.58 bits per heavy atom. The third kappa shape index (κ3) is 17.3. The summed E-state index contributed by atoms with van der Waals surface area (Å²) in [6.45, 7) is 6.02. The fraction of sp³-hybridized carbons (Fsp3) is 0.857. The van der Waals surface area contributed by atoms with Gasteiger partial charge in [-0.1, -0.05) is 51.9 Å². The molecule has 1 aliphatic heterocycles. The Balaban J connectivity index is 3.29. The molecule has 0 aromatic carbocycles. The second-order valence-electron chi connectivity index (χ2n) is 13.7. The Kier molecular flexibility index (Phi) is 23.5. The summed E-state index contributed by atoms with van der Waals surface area (Å²) in [4.78, 5) is 65.3. The molecule has 17 nitrogen and oxygen atoms in total. The molecule has 0 aromatic heterocycles. The quantitative estimate of drug-likeness (QED) is 0.0387. The molecule has 0 radical (unpaired) electrons.